The number of H-pyrrole nitrogens is 1. The first-order chi connectivity index (χ1) is 15.6. The van der Waals surface area contributed by atoms with Crippen LogP contribution in [-0.4, -0.2) is 26.8 Å². The molecule has 4 rings (SSSR count). The Kier molecular flexibility index (Phi) is 7.27. The van der Waals surface area contributed by atoms with Crippen molar-refractivity contribution in [3.8, 4) is 0 Å². The van der Waals surface area contributed by atoms with Crippen molar-refractivity contribution in [2.24, 2.45) is 0 Å². The first kappa shape index (κ1) is 22.1. The Morgan fingerprint density at radius 2 is 1.84 bits per heavy atom. The average molecular weight is 449 g/mol. The maximum Gasteiger partial charge on any atom is 0.276 e. The third-order valence-corrected chi connectivity index (χ3v) is 6.38. The van der Waals surface area contributed by atoms with Gasteiger partial charge in [-0.15, -0.1) is 10.2 Å². The largest absolute Gasteiger partial charge is 0.416 e. The second-order valence-corrected chi connectivity index (χ2v) is 8.99. The van der Waals surface area contributed by atoms with Crippen molar-refractivity contribution in [3.63, 3.8) is 0 Å². The van der Waals surface area contributed by atoms with Gasteiger partial charge in [-0.25, -0.2) is 0 Å². The third kappa shape index (κ3) is 5.59. The molecule has 2 aromatic carbocycles. The van der Waals surface area contributed by atoms with E-state index < -0.39 is 0 Å². The minimum atomic E-state index is 0.0338. The Morgan fingerprint density at radius 1 is 1.03 bits per heavy atom. The fourth-order valence-corrected chi connectivity index (χ4v) is 4.49. The van der Waals surface area contributed by atoms with Crippen LogP contribution >= 0.6 is 11.8 Å². The van der Waals surface area contributed by atoms with Crippen LogP contribution in [0.3, 0.4) is 0 Å². The fraction of sp³-hybridized carbons (Fsp3) is 0.320. The maximum atomic E-state index is 12.3. The molecule has 0 atom stereocenters. The molecule has 0 bridgehead atoms. The Morgan fingerprint density at radius 3 is 2.69 bits per heavy atom. The van der Waals surface area contributed by atoms with E-state index in [-0.39, 0.29) is 5.91 Å². The summed E-state index contributed by atoms with van der Waals surface area (Å²) in [5.41, 5.74) is 5.56. The normalized spacial score (nSPS) is 11.2. The predicted octanol–water partition coefficient (Wildman–Crippen LogP) is 5.85. The molecular weight excluding hydrogens is 420 g/mol. The molecule has 0 saturated carbocycles. The van der Waals surface area contributed by atoms with Crippen molar-refractivity contribution in [3.05, 3.63) is 71.2 Å². The molecule has 6 nitrogen and oxygen atoms in total. The van der Waals surface area contributed by atoms with E-state index in [4.69, 9.17) is 4.42 Å². The number of aromatic nitrogens is 3. The van der Waals surface area contributed by atoms with E-state index in [1.807, 2.05) is 38.1 Å². The maximum absolute atomic E-state index is 12.3. The summed E-state index contributed by atoms with van der Waals surface area (Å²) >= 11 is 1.50. The molecule has 0 saturated heterocycles. The number of carbonyl (C=O) groups is 1. The van der Waals surface area contributed by atoms with E-state index >= 15 is 0 Å². The van der Waals surface area contributed by atoms with Crippen LogP contribution < -0.4 is 5.32 Å². The molecule has 0 radical (unpaired) electrons. The predicted molar refractivity (Wildman–Crippen MR) is 129 cm³/mol. The lowest BCUT2D eigenvalue weighted by Crippen LogP contribution is -2.13. The van der Waals surface area contributed by atoms with Gasteiger partial charge >= 0.3 is 0 Å². The highest BCUT2D eigenvalue weighted by Gasteiger charge is 2.10. The van der Waals surface area contributed by atoms with Crippen LogP contribution in [0.5, 0.6) is 0 Å². The highest BCUT2D eigenvalue weighted by Crippen LogP contribution is 2.22. The van der Waals surface area contributed by atoms with Gasteiger partial charge in [-0.05, 0) is 55.9 Å². The van der Waals surface area contributed by atoms with E-state index in [0.29, 0.717) is 17.5 Å². The molecule has 4 aromatic rings. The summed E-state index contributed by atoms with van der Waals surface area (Å²) in [6, 6.07) is 14.3. The van der Waals surface area contributed by atoms with Crippen LogP contribution in [0, 0.1) is 13.8 Å². The van der Waals surface area contributed by atoms with E-state index in [1.54, 1.807) is 0 Å². The van der Waals surface area contributed by atoms with Crippen molar-refractivity contribution in [1.29, 1.82) is 0 Å². The van der Waals surface area contributed by atoms with Crippen molar-refractivity contribution in [2.75, 3.05) is 11.1 Å². The van der Waals surface area contributed by atoms with Gasteiger partial charge in [0.05, 0.1) is 0 Å². The molecular formula is C25H28N4O2S. The van der Waals surface area contributed by atoms with Gasteiger partial charge in [-0.2, -0.15) is 0 Å². The number of amides is 1. The number of nitrogens with zero attached hydrogens (tertiary/aromatic N) is 2. The lowest BCUT2D eigenvalue weighted by atomic mass is 10.1. The summed E-state index contributed by atoms with van der Waals surface area (Å²) < 4.78 is 5.76. The molecule has 0 aliphatic carbocycles. The van der Waals surface area contributed by atoms with Gasteiger partial charge in [-0.1, -0.05) is 48.2 Å². The molecule has 0 aliphatic heterocycles. The van der Waals surface area contributed by atoms with E-state index in [9.17, 15) is 4.79 Å². The Balaban J connectivity index is 1.16. The number of anilines is 1. The van der Waals surface area contributed by atoms with Crippen LogP contribution in [0.2, 0.25) is 0 Å². The number of aromatic amines is 1. The van der Waals surface area contributed by atoms with E-state index in [1.165, 1.54) is 28.2 Å². The van der Waals surface area contributed by atoms with Gasteiger partial charge in [-0.3, -0.25) is 4.79 Å². The number of thioether (sulfide) groups is 1. The van der Waals surface area contributed by atoms with Gasteiger partial charge < -0.3 is 14.7 Å². The number of benzene rings is 2. The number of nitrogens with one attached hydrogen (secondary N) is 2. The SMILES string of the molecule is Cc1cccc(C)c1NC(=O)CCCSc1nnc(CCCc2c[nH]c3ccccc23)o1. The number of rotatable bonds is 10. The topological polar surface area (TPSA) is 83.8 Å². The summed E-state index contributed by atoms with van der Waals surface area (Å²) in [6.45, 7) is 4.01. The smallest absolute Gasteiger partial charge is 0.276 e. The van der Waals surface area contributed by atoms with Gasteiger partial charge in [0.25, 0.3) is 5.22 Å². The van der Waals surface area contributed by atoms with E-state index in [0.717, 1.165) is 48.3 Å². The first-order valence-electron chi connectivity index (χ1n) is 11.0. The summed E-state index contributed by atoms with van der Waals surface area (Å²) in [5.74, 6) is 1.46. The van der Waals surface area contributed by atoms with Crippen molar-refractivity contribution in [1.82, 2.24) is 15.2 Å². The Hall–Kier alpha value is -3.06. The molecule has 2 aromatic heterocycles. The minimum Gasteiger partial charge on any atom is -0.416 e. The highest BCUT2D eigenvalue weighted by molar-refractivity contribution is 7.99. The lowest BCUT2D eigenvalue weighted by Gasteiger charge is -2.11. The molecule has 166 valence electrons. The number of fused-ring (bicyclic) bond motifs is 1. The monoisotopic (exact) mass is 448 g/mol. The molecule has 0 spiro atoms. The summed E-state index contributed by atoms with van der Waals surface area (Å²) in [6.07, 6.45) is 5.96. The van der Waals surface area contributed by atoms with Crippen LogP contribution in [0.1, 0.15) is 41.8 Å². The standard InChI is InChI=1S/C25H28N4O2S/c1-17-8-5-9-18(2)24(17)27-22(30)13-7-15-32-25-29-28-23(31-25)14-6-10-19-16-26-21-12-4-3-11-20(19)21/h3-5,8-9,11-12,16,26H,6-7,10,13-15H2,1-2H3,(H,27,30). The van der Waals surface area contributed by atoms with Gasteiger partial charge in [0.1, 0.15) is 0 Å². The van der Waals surface area contributed by atoms with Crippen molar-refractivity contribution in [2.45, 2.75) is 51.2 Å². The molecule has 0 aliphatic rings. The number of hydrogen-bond donors (Lipinski definition) is 2. The number of hydrogen-bond acceptors (Lipinski definition) is 5. The van der Waals surface area contributed by atoms with Gasteiger partial charge in [0.2, 0.25) is 11.8 Å². The Bertz CT molecular complexity index is 1180. The van der Waals surface area contributed by atoms with Crippen LogP contribution in [0.15, 0.2) is 58.3 Å². The molecule has 2 N–H and O–H groups in total. The summed E-state index contributed by atoms with van der Waals surface area (Å²) in [7, 11) is 0. The van der Waals surface area contributed by atoms with Gasteiger partial charge in [0, 0.05) is 41.4 Å². The first-order valence-corrected chi connectivity index (χ1v) is 11.9. The quantitative estimate of drug-likeness (QED) is 0.235. The molecule has 32 heavy (non-hydrogen) atoms. The van der Waals surface area contributed by atoms with Crippen LogP contribution in [-0.2, 0) is 17.6 Å². The highest BCUT2D eigenvalue weighted by atomic mass is 32.2. The molecule has 1 amide bonds. The van der Waals surface area contributed by atoms with Crippen LogP contribution in [0.25, 0.3) is 10.9 Å². The summed E-state index contributed by atoms with van der Waals surface area (Å²) in [4.78, 5) is 15.6. The zero-order valence-electron chi connectivity index (χ0n) is 18.5. The second kappa shape index (κ2) is 10.5. The van der Waals surface area contributed by atoms with Crippen LogP contribution in [0.4, 0.5) is 5.69 Å². The minimum absolute atomic E-state index is 0.0338. The van der Waals surface area contributed by atoms with Crippen molar-refractivity contribution < 1.29 is 9.21 Å². The molecule has 2 heterocycles. The third-order valence-electron chi connectivity index (χ3n) is 5.48. The number of para-hydroxylation sites is 2. The second-order valence-electron chi connectivity index (χ2n) is 7.94. The fourth-order valence-electron chi connectivity index (χ4n) is 3.77. The molecule has 0 unspecified atom stereocenters. The molecule has 7 heteroatoms. The zero-order valence-corrected chi connectivity index (χ0v) is 19.3. The van der Waals surface area contributed by atoms with Crippen molar-refractivity contribution >= 4 is 34.3 Å². The van der Waals surface area contributed by atoms with Gasteiger partial charge in [0.15, 0.2) is 0 Å². The molecule has 0 fully saturated rings. The number of carbonyl (C=O) groups excluding carboxylic acids is 1. The average Bonchev–Trinajstić information content (AvgIpc) is 3.41. The zero-order chi connectivity index (χ0) is 22.3. The van der Waals surface area contributed by atoms with E-state index in [2.05, 4.69) is 44.9 Å². The lowest BCUT2D eigenvalue weighted by molar-refractivity contribution is -0.116. The number of aryl methyl sites for hydroxylation is 4. The summed E-state index contributed by atoms with van der Waals surface area (Å²) in [5, 5.41) is 13.2. The Labute approximate surface area is 192 Å².